The molecule has 2 heterocycles. The third-order valence-electron chi connectivity index (χ3n) is 6.50. The third-order valence-corrected chi connectivity index (χ3v) is 6.50. The molecule has 4 aromatic rings. The molecule has 1 amide bonds. The number of hydrogen-bond donors (Lipinski definition) is 0. The molecule has 33 heavy (non-hydrogen) atoms. The monoisotopic (exact) mass is 439 g/mol. The Kier molecular flexibility index (Phi) is 5.63. The molecule has 0 bridgehead atoms. The third kappa shape index (κ3) is 4.11. The second-order valence-electron chi connectivity index (χ2n) is 8.92. The maximum absolute atomic E-state index is 13.0. The van der Waals surface area contributed by atoms with Gasteiger partial charge in [0.2, 0.25) is 5.91 Å². The Morgan fingerprint density at radius 1 is 0.970 bits per heavy atom. The number of amides is 1. The van der Waals surface area contributed by atoms with Crippen molar-refractivity contribution in [3.8, 4) is 5.75 Å². The van der Waals surface area contributed by atoms with Crippen molar-refractivity contribution in [1.29, 1.82) is 0 Å². The Balaban J connectivity index is 1.42. The molecule has 3 aromatic carbocycles. The van der Waals surface area contributed by atoms with Gasteiger partial charge in [-0.15, -0.1) is 0 Å². The van der Waals surface area contributed by atoms with E-state index in [1.807, 2.05) is 41.3 Å². The maximum atomic E-state index is 13.0. The fourth-order valence-corrected chi connectivity index (χ4v) is 4.73. The zero-order chi connectivity index (χ0) is 22.9. The highest BCUT2D eigenvalue weighted by atomic mass is 16.5. The molecule has 5 nitrogen and oxygen atoms in total. The number of imidazole rings is 1. The molecular formula is C28H29N3O2. The second-order valence-corrected chi connectivity index (χ2v) is 8.92. The van der Waals surface area contributed by atoms with E-state index in [0.717, 1.165) is 39.4 Å². The van der Waals surface area contributed by atoms with Crippen molar-refractivity contribution in [2.45, 2.75) is 39.7 Å². The number of fused-ring (bicyclic) bond motifs is 1. The lowest BCUT2D eigenvalue weighted by Gasteiger charge is -2.19. The average Bonchev–Trinajstić information content (AvgIpc) is 3.37. The first-order valence-electron chi connectivity index (χ1n) is 11.5. The van der Waals surface area contributed by atoms with Gasteiger partial charge in [0.1, 0.15) is 18.2 Å². The van der Waals surface area contributed by atoms with Crippen LogP contribution in [0.1, 0.15) is 34.9 Å². The highest BCUT2D eigenvalue weighted by Crippen LogP contribution is 2.34. The number of rotatable bonds is 6. The van der Waals surface area contributed by atoms with Crippen LogP contribution in [0.4, 0.5) is 5.69 Å². The summed E-state index contributed by atoms with van der Waals surface area (Å²) in [6.45, 7) is 8.06. The molecule has 0 unspecified atom stereocenters. The molecule has 5 heteroatoms. The van der Waals surface area contributed by atoms with Gasteiger partial charge in [-0.05, 0) is 61.7 Å². The van der Waals surface area contributed by atoms with Gasteiger partial charge in [0.15, 0.2) is 0 Å². The molecule has 1 fully saturated rings. The summed E-state index contributed by atoms with van der Waals surface area (Å²) in [7, 11) is 0. The first-order chi connectivity index (χ1) is 16.0. The Morgan fingerprint density at radius 3 is 2.61 bits per heavy atom. The van der Waals surface area contributed by atoms with Gasteiger partial charge in [-0.3, -0.25) is 4.79 Å². The number of nitrogens with zero attached hydrogens (tertiary/aromatic N) is 3. The van der Waals surface area contributed by atoms with Crippen molar-refractivity contribution >= 4 is 22.6 Å². The maximum Gasteiger partial charge on any atom is 0.227 e. The molecular weight excluding hydrogens is 410 g/mol. The zero-order valence-corrected chi connectivity index (χ0v) is 19.4. The van der Waals surface area contributed by atoms with Gasteiger partial charge < -0.3 is 14.2 Å². The lowest BCUT2D eigenvalue weighted by molar-refractivity contribution is -0.117. The van der Waals surface area contributed by atoms with Crippen molar-refractivity contribution in [1.82, 2.24) is 9.55 Å². The van der Waals surface area contributed by atoms with Crippen LogP contribution in [0.3, 0.4) is 0 Å². The largest absolute Gasteiger partial charge is 0.491 e. The number of aromatic nitrogens is 2. The van der Waals surface area contributed by atoms with Gasteiger partial charge in [-0.2, -0.15) is 0 Å². The van der Waals surface area contributed by atoms with E-state index < -0.39 is 0 Å². The minimum atomic E-state index is 0.0465. The summed E-state index contributed by atoms with van der Waals surface area (Å²) in [5, 5.41) is 0. The van der Waals surface area contributed by atoms with Gasteiger partial charge in [-0.1, -0.05) is 42.5 Å². The second kappa shape index (κ2) is 8.74. The number of benzene rings is 3. The van der Waals surface area contributed by atoms with Crippen molar-refractivity contribution in [3.05, 3.63) is 89.2 Å². The molecule has 168 valence electrons. The summed E-state index contributed by atoms with van der Waals surface area (Å²) in [5.74, 6) is 2.08. The fourth-order valence-electron chi connectivity index (χ4n) is 4.73. The molecule has 1 aliphatic rings. The SMILES string of the molecule is Cc1ccc(C)c(OCCn2c([C@@H]3CC(=O)N(c4ccccc4C)C3)nc3ccccc32)c1. The quantitative estimate of drug-likeness (QED) is 0.395. The van der Waals surface area contributed by atoms with Crippen molar-refractivity contribution in [3.63, 3.8) is 0 Å². The Labute approximate surface area is 194 Å². The highest BCUT2D eigenvalue weighted by Gasteiger charge is 2.35. The van der Waals surface area contributed by atoms with Crippen LogP contribution in [0.15, 0.2) is 66.7 Å². The van der Waals surface area contributed by atoms with Gasteiger partial charge in [0.25, 0.3) is 0 Å². The summed E-state index contributed by atoms with van der Waals surface area (Å²) >= 11 is 0. The Hall–Kier alpha value is -3.60. The van der Waals surface area contributed by atoms with Crippen LogP contribution in [0, 0.1) is 20.8 Å². The van der Waals surface area contributed by atoms with E-state index in [4.69, 9.17) is 9.72 Å². The minimum Gasteiger partial charge on any atom is -0.491 e. The number of anilines is 1. The number of carbonyl (C=O) groups excluding carboxylic acids is 1. The van der Waals surface area contributed by atoms with E-state index in [1.54, 1.807) is 0 Å². The lowest BCUT2D eigenvalue weighted by atomic mass is 10.1. The lowest BCUT2D eigenvalue weighted by Crippen LogP contribution is -2.25. The normalized spacial score (nSPS) is 16.0. The van der Waals surface area contributed by atoms with Crippen LogP contribution < -0.4 is 9.64 Å². The van der Waals surface area contributed by atoms with E-state index >= 15 is 0 Å². The van der Waals surface area contributed by atoms with Crippen LogP contribution >= 0.6 is 0 Å². The molecule has 0 saturated carbocycles. The van der Waals surface area contributed by atoms with E-state index in [-0.39, 0.29) is 11.8 Å². The molecule has 0 spiro atoms. The van der Waals surface area contributed by atoms with Crippen molar-refractivity contribution in [2.75, 3.05) is 18.1 Å². The number of carbonyl (C=O) groups is 1. The van der Waals surface area contributed by atoms with Gasteiger partial charge in [0.05, 0.1) is 17.6 Å². The summed E-state index contributed by atoms with van der Waals surface area (Å²) in [4.78, 5) is 19.8. The summed E-state index contributed by atoms with van der Waals surface area (Å²) in [5.41, 5.74) is 6.46. The van der Waals surface area contributed by atoms with Crippen LogP contribution in [0.2, 0.25) is 0 Å². The molecule has 0 N–H and O–H groups in total. The fraction of sp³-hybridized carbons (Fsp3) is 0.286. The summed E-state index contributed by atoms with van der Waals surface area (Å²) in [6.07, 6.45) is 0.468. The van der Waals surface area contributed by atoms with Gasteiger partial charge in [0, 0.05) is 24.6 Å². The van der Waals surface area contributed by atoms with E-state index in [0.29, 0.717) is 26.1 Å². The van der Waals surface area contributed by atoms with Gasteiger partial charge in [-0.25, -0.2) is 4.98 Å². The first-order valence-corrected chi connectivity index (χ1v) is 11.5. The predicted molar refractivity (Wildman–Crippen MR) is 132 cm³/mol. The number of ether oxygens (including phenoxy) is 1. The number of para-hydroxylation sites is 3. The summed E-state index contributed by atoms with van der Waals surface area (Å²) in [6, 6.07) is 22.5. The smallest absolute Gasteiger partial charge is 0.227 e. The zero-order valence-electron chi connectivity index (χ0n) is 19.4. The average molecular weight is 440 g/mol. The molecule has 1 aromatic heterocycles. The van der Waals surface area contributed by atoms with Gasteiger partial charge >= 0.3 is 0 Å². The number of aryl methyl sites for hydroxylation is 3. The van der Waals surface area contributed by atoms with Crippen LogP contribution in [0.5, 0.6) is 5.75 Å². The van der Waals surface area contributed by atoms with Crippen molar-refractivity contribution < 1.29 is 9.53 Å². The molecule has 5 rings (SSSR count). The molecule has 1 atom stereocenters. The number of hydrogen-bond acceptors (Lipinski definition) is 3. The molecule has 1 saturated heterocycles. The molecule has 0 aliphatic carbocycles. The van der Waals surface area contributed by atoms with E-state index in [1.165, 1.54) is 5.56 Å². The van der Waals surface area contributed by atoms with Crippen LogP contribution in [0.25, 0.3) is 11.0 Å². The topological polar surface area (TPSA) is 47.4 Å². The molecule has 0 radical (unpaired) electrons. The summed E-state index contributed by atoms with van der Waals surface area (Å²) < 4.78 is 8.39. The standard InChI is InChI=1S/C28H29N3O2/c1-19-12-13-21(3)26(16-19)33-15-14-30-25-11-7-5-9-23(25)29-28(30)22-17-27(32)31(18-22)24-10-6-4-8-20(24)2/h4-13,16,22H,14-15,17-18H2,1-3H3/t22-/m1/s1. The van der Waals surface area contributed by atoms with Crippen molar-refractivity contribution in [2.24, 2.45) is 0 Å². The Morgan fingerprint density at radius 2 is 1.76 bits per heavy atom. The first kappa shape index (κ1) is 21.3. The predicted octanol–water partition coefficient (Wildman–Crippen LogP) is 5.56. The molecule has 1 aliphatic heterocycles. The Bertz CT molecular complexity index is 1320. The highest BCUT2D eigenvalue weighted by molar-refractivity contribution is 5.97. The minimum absolute atomic E-state index is 0.0465. The van der Waals surface area contributed by atoms with E-state index in [9.17, 15) is 4.79 Å². The van der Waals surface area contributed by atoms with E-state index in [2.05, 4.69) is 55.7 Å². The van der Waals surface area contributed by atoms with Crippen LogP contribution in [-0.2, 0) is 11.3 Å². The van der Waals surface area contributed by atoms with Crippen LogP contribution in [-0.4, -0.2) is 28.6 Å².